The molecule has 0 radical (unpaired) electrons. The fourth-order valence-corrected chi connectivity index (χ4v) is 1.83. The minimum Gasteiger partial charge on any atom is -0.370 e. The highest BCUT2D eigenvalue weighted by molar-refractivity contribution is 14.1. The molecule has 0 aliphatic carbocycles. The van der Waals surface area contributed by atoms with E-state index in [0.29, 0.717) is 6.42 Å². The van der Waals surface area contributed by atoms with E-state index in [-0.39, 0.29) is 12.6 Å². The maximum Gasteiger partial charge on any atom is 0.411 e. The van der Waals surface area contributed by atoms with Gasteiger partial charge in [-0.25, -0.2) is 0 Å². The van der Waals surface area contributed by atoms with Crippen molar-refractivity contribution in [2.45, 2.75) is 18.6 Å². The molecule has 0 saturated carbocycles. The molecule has 1 aromatic carbocycles. The summed E-state index contributed by atoms with van der Waals surface area (Å²) in [6, 6.07) is 7.76. The van der Waals surface area contributed by atoms with Gasteiger partial charge >= 0.3 is 6.18 Å². The van der Waals surface area contributed by atoms with E-state index in [0.717, 1.165) is 9.13 Å². The highest BCUT2D eigenvalue weighted by atomic mass is 127. The largest absolute Gasteiger partial charge is 0.411 e. The lowest BCUT2D eigenvalue weighted by atomic mass is 10.1. The lowest BCUT2D eigenvalue weighted by molar-refractivity contribution is -0.175. The van der Waals surface area contributed by atoms with E-state index < -0.39 is 12.8 Å². The number of ether oxygens (including phenoxy) is 1. The lowest BCUT2D eigenvalue weighted by Crippen LogP contribution is -2.34. The van der Waals surface area contributed by atoms with Crippen LogP contribution in [0.5, 0.6) is 0 Å². The van der Waals surface area contributed by atoms with Crippen molar-refractivity contribution in [2.24, 2.45) is 0 Å². The molecule has 0 aliphatic heterocycles. The average Bonchev–Trinajstić information content (AvgIpc) is 2.29. The molecule has 1 rings (SSSR count). The zero-order valence-electron chi connectivity index (χ0n) is 9.93. The normalized spacial score (nSPS) is 13.6. The molecular formula is C12H15F3INO. The van der Waals surface area contributed by atoms with Crippen LogP contribution >= 0.6 is 22.6 Å². The molecule has 0 spiro atoms. The van der Waals surface area contributed by atoms with Gasteiger partial charge in [0.05, 0.1) is 6.61 Å². The van der Waals surface area contributed by atoms with Crippen molar-refractivity contribution in [1.82, 2.24) is 5.32 Å². The third-order valence-electron chi connectivity index (χ3n) is 2.39. The zero-order valence-corrected chi connectivity index (χ0v) is 12.1. The highest BCUT2D eigenvalue weighted by Gasteiger charge is 2.27. The maximum atomic E-state index is 11.9. The molecule has 1 atom stereocenters. The van der Waals surface area contributed by atoms with Crippen LogP contribution in [0.1, 0.15) is 5.56 Å². The molecule has 6 heteroatoms. The summed E-state index contributed by atoms with van der Waals surface area (Å²) in [4.78, 5) is 0. The number of halogens is 4. The van der Waals surface area contributed by atoms with Gasteiger partial charge in [0, 0.05) is 9.61 Å². The first-order valence-electron chi connectivity index (χ1n) is 5.47. The lowest BCUT2D eigenvalue weighted by Gasteiger charge is -2.17. The third kappa shape index (κ3) is 6.55. The van der Waals surface area contributed by atoms with Crippen LogP contribution in [-0.4, -0.2) is 32.5 Å². The number of benzene rings is 1. The predicted octanol–water partition coefficient (Wildman–Crippen LogP) is 3.00. The first kappa shape index (κ1) is 15.7. The van der Waals surface area contributed by atoms with Gasteiger partial charge in [-0.1, -0.05) is 12.1 Å². The summed E-state index contributed by atoms with van der Waals surface area (Å²) in [5, 5.41) is 2.96. The van der Waals surface area contributed by atoms with Crippen molar-refractivity contribution in [1.29, 1.82) is 0 Å². The SMILES string of the molecule is CNC(COCC(F)(F)F)Cc1ccc(I)cc1. The van der Waals surface area contributed by atoms with Gasteiger partial charge in [-0.05, 0) is 53.8 Å². The summed E-state index contributed by atoms with van der Waals surface area (Å²) in [6.45, 7) is -1.15. The van der Waals surface area contributed by atoms with E-state index in [1.165, 1.54) is 0 Å². The van der Waals surface area contributed by atoms with Crippen molar-refractivity contribution in [2.75, 3.05) is 20.3 Å². The van der Waals surface area contributed by atoms with E-state index in [1.54, 1.807) is 7.05 Å². The van der Waals surface area contributed by atoms with Crippen LogP contribution in [0, 0.1) is 3.57 Å². The van der Waals surface area contributed by atoms with Gasteiger partial charge in [-0.2, -0.15) is 13.2 Å². The summed E-state index contributed by atoms with van der Waals surface area (Å²) in [7, 11) is 1.72. The zero-order chi connectivity index (χ0) is 13.6. The molecule has 0 heterocycles. The molecule has 0 aromatic heterocycles. The molecule has 1 aromatic rings. The minimum absolute atomic E-state index is 0.0436. The topological polar surface area (TPSA) is 21.3 Å². The Kier molecular flexibility index (Phi) is 6.37. The van der Waals surface area contributed by atoms with E-state index in [4.69, 9.17) is 0 Å². The standard InChI is InChI=1S/C12H15F3INO/c1-17-11(7-18-8-12(13,14)15)6-9-2-4-10(16)5-3-9/h2-5,11,17H,6-8H2,1H3. The molecule has 0 aliphatic rings. The number of rotatable bonds is 6. The fraction of sp³-hybridized carbons (Fsp3) is 0.500. The average molecular weight is 373 g/mol. The smallest absolute Gasteiger partial charge is 0.370 e. The summed E-state index contributed by atoms with van der Waals surface area (Å²) >= 11 is 2.21. The van der Waals surface area contributed by atoms with E-state index >= 15 is 0 Å². The number of nitrogens with one attached hydrogen (secondary N) is 1. The Labute approximate surface area is 118 Å². The number of hydrogen-bond acceptors (Lipinski definition) is 2. The van der Waals surface area contributed by atoms with Crippen LogP contribution in [0.15, 0.2) is 24.3 Å². The second-order valence-corrected chi connectivity index (χ2v) is 5.19. The summed E-state index contributed by atoms with van der Waals surface area (Å²) in [6.07, 6.45) is -3.62. The van der Waals surface area contributed by atoms with Crippen molar-refractivity contribution in [3.63, 3.8) is 0 Å². The second kappa shape index (κ2) is 7.30. The van der Waals surface area contributed by atoms with Gasteiger partial charge in [0.1, 0.15) is 6.61 Å². The Hall–Kier alpha value is -0.340. The van der Waals surface area contributed by atoms with Crippen LogP contribution in [0.25, 0.3) is 0 Å². The van der Waals surface area contributed by atoms with Crippen LogP contribution in [-0.2, 0) is 11.2 Å². The summed E-state index contributed by atoms with van der Waals surface area (Å²) in [5.74, 6) is 0. The maximum absolute atomic E-state index is 11.9. The molecule has 0 fully saturated rings. The second-order valence-electron chi connectivity index (χ2n) is 3.95. The van der Waals surface area contributed by atoms with Gasteiger partial charge < -0.3 is 10.1 Å². The van der Waals surface area contributed by atoms with Crippen LogP contribution in [0.3, 0.4) is 0 Å². The number of alkyl halides is 3. The third-order valence-corrected chi connectivity index (χ3v) is 3.11. The molecule has 1 N–H and O–H groups in total. The first-order valence-corrected chi connectivity index (χ1v) is 6.55. The Balaban J connectivity index is 2.40. The Morgan fingerprint density at radius 3 is 2.39 bits per heavy atom. The van der Waals surface area contributed by atoms with Gasteiger partial charge in [0.2, 0.25) is 0 Å². The van der Waals surface area contributed by atoms with Crippen LogP contribution in [0.2, 0.25) is 0 Å². The van der Waals surface area contributed by atoms with Gasteiger partial charge in [0.25, 0.3) is 0 Å². The van der Waals surface area contributed by atoms with Crippen LogP contribution in [0.4, 0.5) is 13.2 Å². The molecule has 0 saturated heterocycles. The summed E-state index contributed by atoms with van der Waals surface area (Å²) in [5.41, 5.74) is 1.07. The summed E-state index contributed by atoms with van der Waals surface area (Å²) < 4.78 is 41.6. The molecule has 2 nitrogen and oxygen atoms in total. The Bertz CT molecular complexity index is 353. The van der Waals surface area contributed by atoms with Crippen molar-refractivity contribution >= 4 is 22.6 Å². The van der Waals surface area contributed by atoms with E-state index in [1.807, 2.05) is 24.3 Å². The van der Waals surface area contributed by atoms with Crippen molar-refractivity contribution < 1.29 is 17.9 Å². The quantitative estimate of drug-likeness (QED) is 0.775. The highest BCUT2D eigenvalue weighted by Crippen LogP contribution is 2.15. The fourth-order valence-electron chi connectivity index (χ4n) is 1.47. The number of hydrogen-bond donors (Lipinski definition) is 1. The van der Waals surface area contributed by atoms with Crippen LogP contribution < -0.4 is 5.32 Å². The molecule has 1 unspecified atom stereocenters. The van der Waals surface area contributed by atoms with Crippen molar-refractivity contribution in [3.8, 4) is 0 Å². The van der Waals surface area contributed by atoms with Gasteiger partial charge in [-0.15, -0.1) is 0 Å². The molecular weight excluding hydrogens is 358 g/mol. The molecule has 18 heavy (non-hydrogen) atoms. The van der Waals surface area contributed by atoms with E-state index in [9.17, 15) is 13.2 Å². The molecule has 102 valence electrons. The predicted molar refractivity (Wildman–Crippen MR) is 72.6 cm³/mol. The number of likely N-dealkylation sites (N-methyl/N-ethyl adjacent to an activating group) is 1. The molecule has 0 bridgehead atoms. The van der Waals surface area contributed by atoms with Gasteiger partial charge in [0.15, 0.2) is 0 Å². The van der Waals surface area contributed by atoms with Gasteiger partial charge in [-0.3, -0.25) is 0 Å². The Morgan fingerprint density at radius 2 is 1.89 bits per heavy atom. The first-order chi connectivity index (χ1) is 8.40. The Morgan fingerprint density at radius 1 is 1.28 bits per heavy atom. The van der Waals surface area contributed by atoms with E-state index in [2.05, 4.69) is 32.6 Å². The van der Waals surface area contributed by atoms with Crippen molar-refractivity contribution in [3.05, 3.63) is 33.4 Å². The minimum atomic E-state index is -4.26. The monoisotopic (exact) mass is 373 g/mol. The molecule has 0 amide bonds.